The Hall–Kier alpha value is -4.14. The first-order chi connectivity index (χ1) is 14.0. The molecule has 1 N–H and O–H groups in total. The van der Waals surface area contributed by atoms with Crippen LogP contribution in [-0.2, 0) is 0 Å². The normalized spacial score (nSPS) is 10.8. The molecule has 0 radical (unpaired) electrons. The first-order valence-electron chi connectivity index (χ1n) is 8.50. The molecule has 9 nitrogen and oxygen atoms in total. The van der Waals surface area contributed by atoms with Crippen molar-refractivity contribution in [2.75, 3.05) is 19.5 Å². The lowest BCUT2D eigenvalue weighted by Gasteiger charge is -2.08. The minimum absolute atomic E-state index is 0.0170. The van der Waals surface area contributed by atoms with Crippen molar-refractivity contribution in [2.24, 2.45) is 0 Å². The van der Waals surface area contributed by atoms with E-state index in [2.05, 4.69) is 10.3 Å². The Bertz CT molecular complexity index is 1260. The van der Waals surface area contributed by atoms with Crippen molar-refractivity contribution in [2.45, 2.75) is 0 Å². The van der Waals surface area contributed by atoms with Crippen molar-refractivity contribution in [1.82, 2.24) is 4.98 Å². The number of amides is 1. The summed E-state index contributed by atoms with van der Waals surface area (Å²) in [6, 6.07) is 12.8. The number of methoxy groups -OCH3 is 2. The predicted molar refractivity (Wildman–Crippen MR) is 106 cm³/mol. The van der Waals surface area contributed by atoms with E-state index in [1.807, 2.05) is 18.2 Å². The van der Waals surface area contributed by atoms with E-state index in [9.17, 15) is 14.9 Å². The van der Waals surface area contributed by atoms with Gasteiger partial charge in [-0.05, 0) is 30.3 Å². The molecule has 2 aromatic heterocycles. The number of rotatable bonds is 5. The van der Waals surface area contributed by atoms with E-state index < -0.39 is 10.8 Å². The SMILES string of the molecule is COc1ccc2cc3cc(C(=O)Nc4cc([N+](=O)[O-])ccc4OC)oc3nc2c1. The molecule has 0 atom stereocenters. The lowest BCUT2D eigenvalue weighted by atomic mass is 10.2. The maximum Gasteiger partial charge on any atom is 0.291 e. The van der Waals surface area contributed by atoms with E-state index >= 15 is 0 Å². The fourth-order valence-corrected chi connectivity index (χ4v) is 2.94. The molecule has 9 heteroatoms. The molecule has 0 saturated heterocycles. The highest BCUT2D eigenvalue weighted by Gasteiger charge is 2.18. The lowest BCUT2D eigenvalue weighted by Crippen LogP contribution is -2.12. The van der Waals surface area contributed by atoms with E-state index in [4.69, 9.17) is 13.9 Å². The Kier molecular flexibility index (Phi) is 4.47. The van der Waals surface area contributed by atoms with Gasteiger partial charge in [0.2, 0.25) is 5.71 Å². The third-order valence-corrected chi connectivity index (χ3v) is 4.38. The van der Waals surface area contributed by atoms with Crippen molar-refractivity contribution in [3.8, 4) is 11.5 Å². The van der Waals surface area contributed by atoms with E-state index in [0.717, 1.165) is 5.39 Å². The fraction of sp³-hybridized carbons (Fsp3) is 0.100. The molecule has 0 fully saturated rings. The first-order valence-corrected chi connectivity index (χ1v) is 8.50. The zero-order valence-electron chi connectivity index (χ0n) is 15.5. The smallest absolute Gasteiger partial charge is 0.291 e. The van der Waals surface area contributed by atoms with Crippen molar-refractivity contribution in [3.63, 3.8) is 0 Å². The number of benzene rings is 2. The number of hydrogen-bond donors (Lipinski definition) is 1. The molecule has 2 heterocycles. The van der Waals surface area contributed by atoms with Crippen LogP contribution in [0.25, 0.3) is 22.0 Å². The van der Waals surface area contributed by atoms with Crippen molar-refractivity contribution in [3.05, 3.63) is 64.4 Å². The van der Waals surface area contributed by atoms with Crippen LogP contribution in [0, 0.1) is 10.1 Å². The molecule has 4 aromatic rings. The number of hydrogen-bond acceptors (Lipinski definition) is 7. The van der Waals surface area contributed by atoms with Crippen LogP contribution < -0.4 is 14.8 Å². The second kappa shape index (κ2) is 7.12. The van der Waals surface area contributed by atoms with E-state index in [-0.39, 0.29) is 22.9 Å². The van der Waals surface area contributed by atoms with Gasteiger partial charge in [-0.3, -0.25) is 14.9 Å². The quantitative estimate of drug-likeness (QED) is 0.400. The second-order valence-electron chi connectivity index (χ2n) is 6.15. The number of ether oxygens (including phenoxy) is 2. The molecule has 0 aliphatic heterocycles. The van der Waals surface area contributed by atoms with Gasteiger partial charge in [-0.2, -0.15) is 0 Å². The molecule has 146 valence electrons. The van der Waals surface area contributed by atoms with Crippen LogP contribution in [0.5, 0.6) is 11.5 Å². The van der Waals surface area contributed by atoms with Crippen LogP contribution in [-0.4, -0.2) is 30.0 Å². The molecule has 0 aliphatic carbocycles. The summed E-state index contributed by atoms with van der Waals surface area (Å²) < 4.78 is 16.0. The number of pyridine rings is 1. The third-order valence-electron chi connectivity index (χ3n) is 4.38. The summed E-state index contributed by atoms with van der Waals surface area (Å²) in [5.41, 5.74) is 0.947. The molecule has 0 aliphatic rings. The Morgan fingerprint density at radius 3 is 2.62 bits per heavy atom. The number of carbonyl (C=O) groups is 1. The van der Waals surface area contributed by atoms with Crippen LogP contribution in [0.3, 0.4) is 0 Å². The predicted octanol–water partition coefficient (Wildman–Crippen LogP) is 4.16. The molecule has 0 unspecified atom stereocenters. The van der Waals surface area contributed by atoms with Gasteiger partial charge in [0.05, 0.1) is 30.3 Å². The summed E-state index contributed by atoms with van der Waals surface area (Å²) in [5.74, 6) is 0.384. The molecular weight excluding hydrogens is 378 g/mol. The van der Waals surface area contributed by atoms with Crippen molar-refractivity contribution >= 4 is 39.3 Å². The topological polar surface area (TPSA) is 117 Å². The lowest BCUT2D eigenvalue weighted by molar-refractivity contribution is -0.384. The zero-order valence-corrected chi connectivity index (χ0v) is 15.5. The molecular formula is C20H15N3O6. The number of nitrogens with one attached hydrogen (secondary N) is 1. The van der Waals surface area contributed by atoms with E-state index in [1.165, 1.54) is 25.3 Å². The monoisotopic (exact) mass is 393 g/mol. The number of anilines is 1. The number of non-ortho nitro benzene ring substituents is 1. The van der Waals surface area contributed by atoms with Crippen LogP contribution in [0.1, 0.15) is 10.6 Å². The summed E-state index contributed by atoms with van der Waals surface area (Å²) in [7, 11) is 2.97. The summed E-state index contributed by atoms with van der Waals surface area (Å²) in [5, 5.41) is 15.1. The Labute approximate surface area is 164 Å². The number of carbonyl (C=O) groups excluding carboxylic acids is 1. The zero-order chi connectivity index (χ0) is 20.5. The Balaban J connectivity index is 1.69. The number of nitro groups is 1. The van der Waals surface area contributed by atoms with Crippen LogP contribution >= 0.6 is 0 Å². The molecule has 1 amide bonds. The van der Waals surface area contributed by atoms with Gasteiger partial charge in [0, 0.05) is 29.0 Å². The average molecular weight is 393 g/mol. The van der Waals surface area contributed by atoms with Gasteiger partial charge in [0.1, 0.15) is 11.5 Å². The third kappa shape index (κ3) is 3.41. The highest BCUT2D eigenvalue weighted by Crippen LogP contribution is 2.30. The maximum absolute atomic E-state index is 12.6. The molecule has 0 spiro atoms. The minimum atomic E-state index is -0.580. The Morgan fingerprint density at radius 1 is 1.07 bits per heavy atom. The second-order valence-corrected chi connectivity index (χ2v) is 6.15. The highest BCUT2D eigenvalue weighted by atomic mass is 16.6. The van der Waals surface area contributed by atoms with Gasteiger partial charge in [-0.25, -0.2) is 4.98 Å². The minimum Gasteiger partial charge on any atom is -0.497 e. The average Bonchev–Trinajstić information content (AvgIpc) is 3.14. The molecule has 0 bridgehead atoms. The van der Waals surface area contributed by atoms with Gasteiger partial charge in [-0.15, -0.1) is 0 Å². The molecule has 2 aromatic carbocycles. The molecule has 0 saturated carbocycles. The maximum atomic E-state index is 12.6. The number of furan rings is 1. The van der Waals surface area contributed by atoms with Gasteiger partial charge >= 0.3 is 0 Å². The summed E-state index contributed by atoms with van der Waals surface area (Å²) in [6.07, 6.45) is 0. The van der Waals surface area contributed by atoms with Crippen LogP contribution in [0.2, 0.25) is 0 Å². The van der Waals surface area contributed by atoms with Gasteiger partial charge in [-0.1, -0.05) is 0 Å². The number of nitrogens with zero attached hydrogens (tertiary/aromatic N) is 2. The standard InChI is InChI=1S/C20H15N3O6/c1-27-14-5-3-11-7-12-8-18(29-20(12)22-15(11)10-14)19(24)21-16-9-13(23(25)26)4-6-17(16)28-2/h3-10H,1-2H3,(H,21,24). The summed E-state index contributed by atoms with van der Waals surface area (Å²) in [6.45, 7) is 0. The van der Waals surface area contributed by atoms with E-state index in [0.29, 0.717) is 22.4 Å². The van der Waals surface area contributed by atoms with Crippen molar-refractivity contribution in [1.29, 1.82) is 0 Å². The highest BCUT2D eigenvalue weighted by molar-refractivity contribution is 6.06. The summed E-state index contributed by atoms with van der Waals surface area (Å²) >= 11 is 0. The molecule has 29 heavy (non-hydrogen) atoms. The van der Waals surface area contributed by atoms with Gasteiger partial charge in [0.25, 0.3) is 11.6 Å². The van der Waals surface area contributed by atoms with Gasteiger partial charge < -0.3 is 19.2 Å². The number of nitro benzene ring substituents is 1. The molecule has 4 rings (SSSR count). The first kappa shape index (κ1) is 18.2. The number of aromatic nitrogens is 1. The van der Waals surface area contributed by atoms with Crippen LogP contribution in [0.4, 0.5) is 11.4 Å². The van der Waals surface area contributed by atoms with Crippen molar-refractivity contribution < 1.29 is 23.6 Å². The fourth-order valence-electron chi connectivity index (χ4n) is 2.94. The van der Waals surface area contributed by atoms with E-state index in [1.54, 1.807) is 19.2 Å². The van der Waals surface area contributed by atoms with Gasteiger partial charge in [0.15, 0.2) is 5.76 Å². The largest absolute Gasteiger partial charge is 0.497 e. The summed E-state index contributed by atoms with van der Waals surface area (Å²) in [4.78, 5) is 27.5. The Morgan fingerprint density at radius 2 is 1.90 bits per heavy atom. The number of fused-ring (bicyclic) bond motifs is 2. The van der Waals surface area contributed by atoms with Crippen LogP contribution in [0.15, 0.2) is 52.9 Å².